The molecule has 0 aliphatic carbocycles. The first-order chi connectivity index (χ1) is 13.1. The molecule has 1 fully saturated rings. The van der Waals surface area contributed by atoms with E-state index in [1.54, 1.807) is 28.1 Å². The van der Waals surface area contributed by atoms with Crippen LogP contribution in [0.5, 0.6) is 5.75 Å². The van der Waals surface area contributed by atoms with Crippen molar-refractivity contribution in [3.8, 4) is 5.75 Å². The minimum atomic E-state index is -0.427. The van der Waals surface area contributed by atoms with E-state index < -0.39 is 6.09 Å². The summed E-state index contributed by atoms with van der Waals surface area (Å²) in [6, 6.07) is 10.9. The summed E-state index contributed by atoms with van der Waals surface area (Å²) in [6.07, 6.45) is 2.68. The molecule has 0 saturated carbocycles. The van der Waals surface area contributed by atoms with Crippen LogP contribution in [0.3, 0.4) is 0 Å². The highest BCUT2D eigenvalue weighted by molar-refractivity contribution is 7.20. The van der Waals surface area contributed by atoms with Gasteiger partial charge in [0.15, 0.2) is 5.75 Å². The number of hydrogen-bond donors (Lipinski definition) is 0. The summed E-state index contributed by atoms with van der Waals surface area (Å²) in [5.41, 5.74) is 0. The van der Waals surface area contributed by atoms with E-state index >= 15 is 0 Å². The first-order valence-corrected chi connectivity index (χ1v) is 9.65. The highest BCUT2D eigenvalue weighted by Crippen LogP contribution is 2.31. The summed E-state index contributed by atoms with van der Waals surface area (Å²) < 4.78 is 6.29. The van der Waals surface area contributed by atoms with Gasteiger partial charge in [0, 0.05) is 47.5 Å². The fourth-order valence-electron chi connectivity index (χ4n) is 2.95. The van der Waals surface area contributed by atoms with Gasteiger partial charge in [-0.25, -0.2) is 4.79 Å². The maximum atomic E-state index is 12.8. The monoisotopic (exact) mass is 401 g/mol. The van der Waals surface area contributed by atoms with E-state index in [1.165, 1.54) is 17.5 Å². The fraction of sp³-hybridized carbons (Fsp3) is 0.211. The number of halogens is 1. The third-order valence-electron chi connectivity index (χ3n) is 4.38. The highest BCUT2D eigenvalue weighted by atomic mass is 35.5. The van der Waals surface area contributed by atoms with Crippen molar-refractivity contribution < 1.29 is 14.3 Å². The van der Waals surface area contributed by atoms with Crippen LogP contribution < -0.4 is 4.74 Å². The number of hydrogen-bond acceptors (Lipinski definition) is 5. The van der Waals surface area contributed by atoms with Crippen LogP contribution in [-0.4, -0.2) is 53.0 Å². The first kappa shape index (κ1) is 17.8. The van der Waals surface area contributed by atoms with Crippen molar-refractivity contribution in [1.82, 2.24) is 14.8 Å². The molecule has 0 bridgehead atoms. The summed E-state index contributed by atoms with van der Waals surface area (Å²) in [7, 11) is 0. The lowest BCUT2D eigenvalue weighted by Gasteiger charge is -2.33. The number of amides is 2. The van der Waals surface area contributed by atoms with Gasteiger partial charge in [0.05, 0.1) is 11.1 Å². The number of piperazine rings is 1. The molecule has 0 unspecified atom stereocenters. The van der Waals surface area contributed by atoms with Gasteiger partial charge in [-0.1, -0.05) is 17.7 Å². The highest BCUT2D eigenvalue weighted by Gasteiger charge is 2.27. The first-order valence-electron chi connectivity index (χ1n) is 8.46. The molecular formula is C19H16ClN3O3S. The molecule has 2 aromatic heterocycles. The van der Waals surface area contributed by atoms with Gasteiger partial charge in [-0.2, -0.15) is 0 Å². The third-order valence-corrected chi connectivity index (χ3v) is 5.80. The van der Waals surface area contributed by atoms with E-state index in [-0.39, 0.29) is 5.91 Å². The SMILES string of the molecule is O=C(Oc1cccnc1)N1CCN(C(=O)c2cc3c(Cl)cccc3s2)CC1. The number of thiophene rings is 1. The maximum absolute atomic E-state index is 12.8. The molecule has 0 radical (unpaired) electrons. The van der Waals surface area contributed by atoms with Gasteiger partial charge in [0.2, 0.25) is 0 Å². The Morgan fingerprint density at radius 1 is 1.07 bits per heavy atom. The molecule has 0 N–H and O–H groups in total. The molecule has 1 aromatic carbocycles. The lowest BCUT2D eigenvalue weighted by molar-refractivity contribution is 0.0638. The second-order valence-corrected chi connectivity index (χ2v) is 7.59. The van der Waals surface area contributed by atoms with Gasteiger partial charge in [-0.05, 0) is 30.3 Å². The van der Waals surface area contributed by atoms with Crippen LogP contribution in [0, 0.1) is 0 Å². The largest absolute Gasteiger partial charge is 0.415 e. The molecule has 0 spiro atoms. The average molecular weight is 402 g/mol. The van der Waals surface area contributed by atoms with Crippen molar-refractivity contribution in [2.45, 2.75) is 0 Å². The van der Waals surface area contributed by atoms with Crippen LogP contribution >= 0.6 is 22.9 Å². The van der Waals surface area contributed by atoms with E-state index in [0.717, 1.165) is 10.1 Å². The Morgan fingerprint density at radius 2 is 1.85 bits per heavy atom. The van der Waals surface area contributed by atoms with Gasteiger partial charge in [0.25, 0.3) is 5.91 Å². The Kier molecular flexibility index (Phi) is 4.96. The topological polar surface area (TPSA) is 62.7 Å². The Balaban J connectivity index is 1.39. The van der Waals surface area contributed by atoms with Crippen LogP contribution in [0.25, 0.3) is 10.1 Å². The zero-order chi connectivity index (χ0) is 18.8. The predicted molar refractivity (Wildman–Crippen MR) is 105 cm³/mol. The Labute approximate surface area is 164 Å². The van der Waals surface area contributed by atoms with Gasteiger partial charge in [0.1, 0.15) is 0 Å². The summed E-state index contributed by atoms with van der Waals surface area (Å²) in [4.78, 5) is 33.0. The molecule has 8 heteroatoms. The summed E-state index contributed by atoms with van der Waals surface area (Å²) in [6.45, 7) is 1.78. The lowest BCUT2D eigenvalue weighted by atomic mass is 10.2. The molecule has 4 rings (SSSR count). The zero-order valence-electron chi connectivity index (χ0n) is 14.3. The van der Waals surface area contributed by atoms with Crippen molar-refractivity contribution in [3.05, 3.63) is 58.7 Å². The minimum Gasteiger partial charge on any atom is -0.409 e. The van der Waals surface area contributed by atoms with E-state index in [2.05, 4.69) is 4.98 Å². The predicted octanol–water partition coefficient (Wildman–Crippen LogP) is 3.91. The second kappa shape index (κ2) is 7.54. The molecule has 1 aliphatic rings. The molecule has 3 heterocycles. The molecular weight excluding hydrogens is 386 g/mol. The quantitative estimate of drug-likeness (QED) is 0.653. The normalized spacial score (nSPS) is 14.4. The molecule has 1 aliphatic heterocycles. The number of fused-ring (bicyclic) bond motifs is 1. The molecule has 2 amide bonds. The summed E-state index contributed by atoms with van der Waals surface area (Å²) in [5, 5.41) is 1.54. The maximum Gasteiger partial charge on any atom is 0.415 e. The van der Waals surface area contributed by atoms with Crippen LogP contribution in [0.4, 0.5) is 4.79 Å². The standard InChI is InChI=1S/C19H16ClN3O3S/c20-15-4-1-5-16-14(15)11-17(27-16)18(24)22-7-9-23(10-8-22)19(25)26-13-3-2-6-21-12-13/h1-6,11-12H,7-10H2. The number of benzene rings is 1. The fourth-order valence-corrected chi connectivity index (χ4v) is 4.29. The van der Waals surface area contributed by atoms with E-state index in [0.29, 0.717) is 41.8 Å². The number of rotatable bonds is 2. The number of pyridine rings is 1. The number of carbonyl (C=O) groups is 2. The molecule has 1 saturated heterocycles. The van der Waals surface area contributed by atoms with Gasteiger partial charge >= 0.3 is 6.09 Å². The molecule has 138 valence electrons. The van der Waals surface area contributed by atoms with Crippen molar-refractivity contribution in [3.63, 3.8) is 0 Å². The average Bonchev–Trinajstić information content (AvgIpc) is 3.14. The molecule has 0 atom stereocenters. The Bertz CT molecular complexity index is 984. The number of nitrogens with zero attached hydrogens (tertiary/aromatic N) is 3. The second-order valence-electron chi connectivity index (χ2n) is 6.10. The molecule has 27 heavy (non-hydrogen) atoms. The molecule has 3 aromatic rings. The van der Waals surface area contributed by atoms with Gasteiger partial charge in [-0.15, -0.1) is 11.3 Å². The lowest BCUT2D eigenvalue weighted by Crippen LogP contribution is -2.51. The van der Waals surface area contributed by atoms with Crippen LogP contribution in [0.15, 0.2) is 48.8 Å². The smallest absolute Gasteiger partial charge is 0.409 e. The van der Waals surface area contributed by atoms with Crippen LogP contribution in [0.2, 0.25) is 5.02 Å². The van der Waals surface area contributed by atoms with Gasteiger partial charge in [-0.3, -0.25) is 9.78 Å². The van der Waals surface area contributed by atoms with Crippen molar-refractivity contribution in [2.75, 3.05) is 26.2 Å². The van der Waals surface area contributed by atoms with E-state index in [4.69, 9.17) is 16.3 Å². The van der Waals surface area contributed by atoms with Crippen molar-refractivity contribution >= 4 is 45.0 Å². The zero-order valence-corrected chi connectivity index (χ0v) is 15.9. The summed E-state index contributed by atoms with van der Waals surface area (Å²) in [5.74, 6) is 0.371. The Morgan fingerprint density at radius 3 is 2.56 bits per heavy atom. The van der Waals surface area contributed by atoms with Crippen LogP contribution in [0.1, 0.15) is 9.67 Å². The number of carbonyl (C=O) groups excluding carboxylic acids is 2. The van der Waals surface area contributed by atoms with Crippen molar-refractivity contribution in [1.29, 1.82) is 0 Å². The third kappa shape index (κ3) is 3.74. The van der Waals surface area contributed by atoms with E-state index in [9.17, 15) is 9.59 Å². The summed E-state index contributed by atoms with van der Waals surface area (Å²) >= 11 is 7.63. The number of aromatic nitrogens is 1. The minimum absolute atomic E-state index is 0.0347. The van der Waals surface area contributed by atoms with E-state index in [1.807, 2.05) is 24.3 Å². The van der Waals surface area contributed by atoms with Crippen molar-refractivity contribution in [2.24, 2.45) is 0 Å². The van der Waals surface area contributed by atoms with Crippen LogP contribution in [-0.2, 0) is 0 Å². The van der Waals surface area contributed by atoms with Gasteiger partial charge < -0.3 is 14.5 Å². The number of ether oxygens (including phenoxy) is 1. The Hall–Kier alpha value is -2.64. The molecule has 6 nitrogen and oxygen atoms in total.